The molecule has 8 heteroatoms. The van der Waals surface area contributed by atoms with Crippen molar-refractivity contribution in [3.05, 3.63) is 35.0 Å². The van der Waals surface area contributed by atoms with Gasteiger partial charge >= 0.3 is 0 Å². The maximum Gasteiger partial charge on any atom is 0.200 e. The van der Waals surface area contributed by atoms with Crippen molar-refractivity contribution in [2.24, 2.45) is 5.10 Å². The molecule has 0 aliphatic rings. The van der Waals surface area contributed by atoms with Gasteiger partial charge in [0.15, 0.2) is 22.5 Å². The van der Waals surface area contributed by atoms with Gasteiger partial charge in [0.1, 0.15) is 0 Å². The first-order valence-corrected chi connectivity index (χ1v) is 5.48. The van der Waals surface area contributed by atoms with Crippen molar-refractivity contribution in [3.8, 4) is 17.2 Å². The Balaban J connectivity index is 2.11. The van der Waals surface area contributed by atoms with Crippen molar-refractivity contribution in [2.75, 3.05) is 5.43 Å². The number of hydrogen-bond donors (Lipinski definition) is 4. The summed E-state index contributed by atoms with van der Waals surface area (Å²) in [6.45, 7) is 0. The molecule has 1 aromatic heterocycles. The average molecular weight is 281 g/mol. The summed E-state index contributed by atoms with van der Waals surface area (Å²) in [5.74, 6) is -1.11. The molecule has 7 nitrogen and oxygen atoms in total. The van der Waals surface area contributed by atoms with E-state index in [0.29, 0.717) is 5.82 Å². The summed E-state index contributed by atoms with van der Waals surface area (Å²) in [6.07, 6.45) is 1.25. The lowest BCUT2D eigenvalue weighted by molar-refractivity contribution is 0.367. The Hall–Kier alpha value is -2.54. The summed E-state index contributed by atoms with van der Waals surface area (Å²) in [7, 11) is 0. The summed E-state index contributed by atoms with van der Waals surface area (Å²) in [5.41, 5.74) is 2.79. The highest BCUT2D eigenvalue weighted by Gasteiger charge is 2.08. The molecule has 0 saturated heterocycles. The van der Waals surface area contributed by atoms with E-state index in [2.05, 4.69) is 20.7 Å². The van der Waals surface area contributed by atoms with Gasteiger partial charge in [-0.05, 0) is 24.3 Å². The smallest absolute Gasteiger partial charge is 0.200 e. The molecular weight excluding hydrogens is 272 g/mol. The van der Waals surface area contributed by atoms with E-state index >= 15 is 0 Å². The van der Waals surface area contributed by atoms with Gasteiger partial charge in [0.25, 0.3) is 0 Å². The zero-order valence-corrected chi connectivity index (χ0v) is 10.2. The van der Waals surface area contributed by atoms with Crippen LogP contribution in [-0.2, 0) is 0 Å². The summed E-state index contributed by atoms with van der Waals surface area (Å²) < 4.78 is 0. The second kappa shape index (κ2) is 5.40. The number of phenolic OH excluding ortho intramolecular Hbond substituents is 3. The maximum atomic E-state index is 9.54. The van der Waals surface area contributed by atoms with Crippen molar-refractivity contribution >= 4 is 23.6 Å². The van der Waals surface area contributed by atoms with E-state index in [0.717, 1.165) is 0 Å². The molecule has 4 N–H and O–H groups in total. The van der Waals surface area contributed by atoms with E-state index in [1.165, 1.54) is 24.4 Å². The molecule has 0 unspecified atom stereocenters. The molecule has 0 fully saturated rings. The molecule has 0 aliphatic heterocycles. The first-order chi connectivity index (χ1) is 9.08. The monoisotopic (exact) mass is 280 g/mol. The van der Waals surface area contributed by atoms with Crippen LogP contribution >= 0.6 is 11.6 Å². The van der Waals surface area contributed by atoms with Gasteiger partial charge in [0.05, 0.1) is 6.21 Å². The van der Waals surface area contributed by atoms with E-state index in [4.69, 9.17) is 16.7 Å². The average Bonchev–Trinajstić information content (AvgIpc) is 2.41. The second-order valence-corrected chi connectivity index (χ2v) is 3.87. The minimum absolute atomic E-state index is 0.227. The van der Waals surface area contributed by atoms with Gasteiger partial charge in [-0.25, -0.2) is 0 Å². The fourth-order valence-electron chi connectivity index (χ4n) is 1.23. The summed E-state index contributed by atoms with van der Waals surface area (Å²) >= 11 is 5.57. The first-order valence-electron chi connectivity index (χ1n) is 5.10. The fraction of sp³-hybridized carbons (Fsp3) is 0. The minimum Gasteiger partial charge on any atom is -0.504 e. The molecule has 1 heterocycles. The minimum atomic E-state index is -0.602. The lowest BCUT2D eigenvalue weighted by Crippen LogP contribution is -1.95. The molecule has 0 amide bonds. The van der Waals surface area contributed by atoms with Crippen LogP contribution in [0.15, 0.2) is 29.4 Å². The molecular formula is C11H9ClN4O3. The van der Waals surface area contributed by atoms with Crippen LogP contribution in [0.4, 0.5) is 5.82 Å². The Bertz CT molecular complexity index is 616. The van der Waals surface area contributed by atoms with Crippen LogP contribution in [0, 0.1) is 0 Å². The second-order valence-electron chi connectivity index (χ2n) is 3.48. The molecule has 1 aromatic carbocycles. The molecule has 0 radical (unpaired) electrons. The molecule has 19 heavy (non-hydrogen) atoms. The number of aromatic hydroxyl groups is 3. The SMILES string of the molecule is Oc1ccc(C=NNc2ccc(Cl)nn2)c(O)c1O. The summed E-state index contributed by atoms with van der Waals surface area (Å²) in [5, 5.41) is 39.4. The maximum absolute atomic E-state index is 9.54. The molecule has 2 aromatic rings. The van der Waals surface area contributed by atoms with E-state index in [1.54, 1.807) is 6.07 Å². The highest BCUT2D eigenvalue weighted by molar-refractivity contribution is 6.29. The quantitative estimate of drug-likeness (QED) is 0.387. The Labute approximate surface area is 112 Å². The van der Waals surface area contributed by atoms with Gasteiger partial charge in [0.2, 0.25) is 5.75 Å². The third-order valence-electron chi connectivity index (χ3n) is 2.18. The largest absolute Gasteiger partial charge is 0.504 e. The third kappa shape index (κ3) is 3.02. The zero-order chi connectivity index (χ0) is 13.8. The lowest BCUT2D eigenvalue weighted by Gasteiger charge is -2.03. The van der Waals surface area contributed by atoms with Crippen LogP contribution < -0.4 is 5.43 Å². The van der Waals surface area contributed by atoms with Crippen molar-refractivity contribution in [1.29, 1.82) is 0 Å². The normalized spacial score (nSPS) is 10.8. The van der Waals surface area contributed by atoms with Crippen molar-refractivity contribution < 1.29 is 15.3 Å². The molecule has 0 bridgehead atoms. The Kier molecular flexibility index (Phi) is 3.67. The molecule has 0 atom stereocenters. The predicted octanol–water partition coefficient (Wildman–Crippen LogP) is 1.69. The van der Waals surface area contributed by atoms with E-state index in [9.17, 15) is 10.2 Å². The lowest BCUT2D eigenvalue weighted by atomic mass is 10.2. The Morgan fingerprint density at radius 1 is 1.05 bits per heavy atom. The molecule has 98 valence electrons. The first kappa shape index (κ1) is 12.9. The number of benzene rings is 1. The number of hydrazone groups is 1. The number of phenols is 3. The number of nitrogens with one attached hydrogen (secondary N) is 1. The van der Waals surface area contributed by atoms with Crippen molar-refractivity contribution in [3.63, 3.8) is 0 Å². The van der Waals surface area contributed by atoms with Crippen LogP contribution in [0.2, 0.25) is 5.15 Å². The van der Waals surface area contributed by atoms with Gasteiger partial charge in [-0.2, -0.15) is 5.10 Å². The standard InChI is InChI=1S/C11H9ClN4O3/c12-8-3-4-9(16-14-8)15-13-5-6-1-2-7(17)11(19)10(6)18/h1-5,17-19H,(H,15,16). The number of halogens is 1. The summed E-state index contributed by atoms with van der Waals surface area (Å²) in [6, 6.07) is 5.73. The molecule has 0 spiro atoms. The molecule has 0 saturated carbocycles. The number of hydrogen-bond acceptors (Lipinski definition) is 7. The van der Waals surface area contributed by atoms with Gasteiger partial charge in [0, 0.05) is 5.56 Å². The molecule has 2 rings (SSSR count). The summed E-state index contributed by atoms with van der Waals surface area (Å²) in [4.78, 5) is 0. The van der Waals surface area contributed by atoms with Gasteiger partial charge in [-0.3, -0.25) is 5.43 Å². The van der Waals surface area contributed by atoms with Crippen LogP contribution in [-0.4, -0.2) is 31.7 Å². The van der Waals surface area contributed by atoms with Gasteiger partial charge < -0.3 is 15.3 Å². The number of nitrogens with zero attached hydrogens (tertiary/aromatic N) is 3. The highest BCUT2D eigenvalue weighted by Crippen LogP contribution is 2.36. The third-order valence-corrected chi connectivity index (χ3v) is 2.38. The Morgan fingerprint density at radius 3 is 2.53 bits per heavy atom. The topological polar surface area (TPSA) is 111 Å². The van der Waals surface area contributed by atoms with Crippen LogP contribution in [0.1, 0.15) is 5.56 Å². The van der Waals surface area contributed by atoms with Crippen molar-refractivity contribution in [2.45, 2.75) is 0 Å². The van der Waals surface area contributed by atoms with Crippen molar-refractivity contribution in [1.82, 2.24) is 10.2 Å². The van der Waals surface area contributed by atoms with Crippen LogP contribution in [0.25, 0.3) is 0 Å². The Morgan fingerprint density at radius 2 is 1.84 bits per heavy atom. The van der Waals surface area contributed by atoms with Gasteiger partial charge in [-0.1, -0.05) is 11.6 Å². The zero-order valence-electron chi connectivity index (χ0n) is 9.45. The van der Waals surface area contributed by atoms with E-state index in [1.807, 2.05) is 0 Å². The number of aromatic nitrogens is 2. The molecule has 0 aliphatic carbocycles. The van der Waals surface area contributed by atoms with Gasteiger partial charge in [-0.15, -0.1) is 10.2 Å². The van der Waals surface area contributed by atoms with E-state index in [-0.39, 0.29) is 10.7 Å². The van der Waals surface area contributed by atoms with Crippen LogP contribution in [0.5, 0.6) is 17.2 Å². The van der Waals surface area contributed by atoms with Crippen LogP contribution in [0.3, 0.4) is 0 Å². The number of anilines is 1. The fourth-order valence-corrected chi connectivity index (χ4v) is 1.33. The van der Waals surface area contributed by atoms with E-state index < -0.39 is 17.2 Å². The number of rotatable bonds is 3. The highest BCUT2D eigenvalue weighted by atomic mass is 35.5. The predicted molar refractivity (Wildman–Crippen MR) is 69.7 cm³/mol.